The van der Waals surface area contributed by atoms with Gasteiger partial charge in [-0.3, -0.25) is 19.4 Å². The van der Waals surface area contributed by atoms with Crippen molar-refractivity contribution in [3.63, 3.8) is 0 Å². The first-order valence-electron chi connectivity index (χ1n) is 11.9. The third-order valence-electron chi connectivity index (χ3n) is 6.64. The third-order valence-corrected chi connectivity index (χ3v) is 7.60. The standard InChI is InChI=1S/C25H31N5O2S/c1-18-17-19-24(26-20-7-2-3-8-21(20)27-25(19)33-18)29-15-13-28(14-16-29)11-4-5-12-30-22(31)9-6-10-23(30)32/h2-3,7-8,17,27H,4-6,9-16H2,1H3. The summed E-state index contributed by atoms with van der Waals surface area (Å²) in [5.41, 5.74) is 3.23. The minimum atomic E-state index is 0.00291. The number of hydrogen-bond donors (Lipinski definition) is 1. The molecule has 174 valence electrons. The number of likely N-dealkylation sites (tertiary alicyclic amines) is 1. The molecule has 1 N–H and O–H groups in total. The second kappa shape index (κ2) is 9.65. The van der Waals surface area contributed by atoms with Crippen molar-refractivity contribution < 1.29 is 9.59 Å². The van der Waals surface area contributed by atoms with Crippen LogP contribution in [0, 0.1) is 6.92 Å². The number of anilines is 2. The molecule has 2 saturated heterocycles. The van der Waals surface area contributed by atoms with Gasteiger partial charge in [0.05, 0.1) is 16.9 Å². The van der Waals surface area contributed by atoms with Crippen LogP contribution in [0.2, 0.25) is 0 Å². The number of piperazine rings is 1. The van der Waals surface area contributed by atoms with Crippen LogP contribution in [0.15, 0.2) is 35.3 Å². The zero-order valence-electron chi connectivity index (χ0n) is 19.2. The van der Waals surface area contributed by atoms with Crippen molar-refractivity contribution in [1.29, 1.82) is 0 Å². The van der Waals surface area contributed by atoms with Crippen LogP contribution < -0.4 is 5.32 Å². The van der Waals surface area contributed by atoms with Gasteiger partial charge in [0.25, 0.3) is 0 Å². The molecule has 3 aliphatic heterocycles. The van der Waals surface area contributed by atoms with Gasteiger partial charge in [0.15, 0.2) is 0 Å². The summed E-state index contributed by atoms with van der Waals surface area (Å²) < 4.78 is 0. The molecular weight excluding hydrogens is 434 g/mol. The highest BCUT2D eigenvalue weighted by Gasteiger charge is 2.27. The highest BCUT2D eigenvalue weighted by molar-refractivity contribution is 7.16. The Morgan fingerprint density at radius 2 is 1.73 bits per heavy atom. The Labute approximate surface area is 199 Å². The van der Waals surface area contributed by atoms with Crippen molar-refractivity contribution in [3.05, 3.63) is 40.8 Å². The van der Waals surface area contributed by atoms with Crippen LogP contribution in [-0.4, -0.2) is 71.6 Å². The fourth-order valence-corrected chi connectivity index (χ4v) is 5.75. The predicted octanol–water partition coefficient (Wildman–Crippen LogP) is 4.13. The zero-order valence-corrected chi connectivity index (χ0v) is 20.0. The molecule has 8 heteroatoms. The number of carbonyl (C=O) groups excluding carboxylic acids is 2. The van der Waals surface area contributed by atoms with Crippen molar-refractivity contribution in [2.75, 3.05) is 44.6 Å². The van der Waals surface area contributed by atoms with Crippen molar-refractivity contribution in [1.82, 2.24) is 14.7 Å². The van der Waals surface area contributed by atoms with Gasteiger partial charge in [0.2, 0.25) is 11.8 Å². The summed E-state index contributed by atoms with van der Waals surface area (Å²) in [6.45, 7) is 7.59. The molecule has 3 aliphatic rings. The van der Waals surface area contributed by atoms with Crippen molar-refractivity contribution >= 4 is 45.4 Å². The Balaban J connectivity index is 1.17. The van der Waals surface area contributed by atoms with Crippen molar-refractivity contribution in [3.8, 4) is 0 Å². The SMILES string of the molecule is Cc1cc2c(s1)Nc1ccccc1N=C2N1CCN(CCCCN2C(=O)CCCC2=O)CC1. The number of carbonyl (C=O) groups is 2. The number of amidine groups is 1. The van der Waals surface area contributed by atoms with E-state index in [4.69, 9.17) is 4.99 Å². The molecule has 0 radical (unpaired) electrons. The van der Waals surface area contributed by atoms with Crippen LogP contribution in [0.4, 0.5) is 16.4 Å². The average molecular weight is 466 g/mol. The van der Waals surface area contributed by atoms with Crippen LogP contribution in [0.5, 0.6) is 0 Å². The monoisotopic (exact) mass is 465 g/mol. The number of rotatable bonds is 5. The molecule has 33 heavy (non-hydrogen) atoms. The van der Waals surface area contributed by atoms with E-state index in [0.717, 1.165) is 62.8 Å². The molecule has 1 aromatic carbocycles. The molecule has 2 aromatic rings. The number of aliphatic imine (C=N–C) groups is 1. The van der Waals surface area contributed by atoms with Gasteiger partial charge in [-0.15, -0.1) is 11.3 Å². The van der Waals surface area contributed by atoms with Gasteiger partial charge < -0.3 is 10.2 Å². The van der Waals surface area contributed by atoms with Gasteiger partial charge >= 0.3 is 0 Å². The Hall–Kier alpha value is -2.71. The van der Waals surface area contributed by atoms with Crippen molar-refractivity contribution in [2.24, 2.45) is 4.99 Å². The maximum absolute atomic E-state index is 12.0. The Morgan fingerprint density at radius 1 is 1.00 bits per heavy atom. The summed E-state index contributed by atoms with van der Waals surface area (Å²) in [6.07, 6.45) is 3.62. The number of unbranched alkanes of at least 4 members (excludes halogenated alkanes) is 1. The lowest BCUT2D eigenvalue weighted by atomic mass is 10.1. The Bertz CT molecular complexity index is 1050. The van der Waals surface area contributed by atoms with Crippen LogP contribution in [0.25, 0.3) is 0 Å². The topological polar surface area (TPSA) is 68.2 Å². The zero-order chi connectivity index (χ0) is 22.8. The summed E-state index contributed by atoms with van der Waals surface area (Å²) in [4.78, 5) is 36.6. The van der Waals surface area contributed by atoms with E-state index < -0.39 is 0 Å². The lowest BCUT2D eigenvalue weighted by molar-refractivity contribution is -0.148. The molecule has 0 unspecified atom stereocenters. The second-order valence-corrected chi connectivity index (χ2v) is 10.3. The third kappa shape index (κ3) is 4.82. The number of hydrogen-bond acceptors (Lipinski definition) is 7. The fourth-order valence-electron chi connectivity index (χ4n) is 4.83. The number of nitrogens with one attached hydrogen (secondary N) is 1. The van der Waals surface area contributed by atoms with Gasteiger partial charge in [-0.25, -0.2) is 4.99 Å². The number of para-hydroxylation sites is 2. The number of aryl methyl sites for hydroxylation is 1. The Kier molecular flexibility index (Phi) is 6.46. The minimum Gasteiger partial charge on any atom is -0.353 e. The lowest BCUT2D eigenvalue weighted by Crippen LogP contribution is -2.49. The quantitative estimate of drug-likeness (QED) is 0.531. The highest BCUT2D eigenvalue weighted by atomic mass is 32.1. The number of piperidine rings is 1. The molecule has 0 saturated carbocycles. The van der Waals surface area contributed by atoms with Gasteiger partial charge in [0, 0.05) is 50.4 Å². The van der Waals surface area contributed by atoms with Crippen molar-refractivity contribution in [2.45, 2.75) is 39.0 Å². The molecular formula is C25H31N5O2S. The van der Waals surface area contributed by atoms with E-state index in [-0.39, 0.29) is 11.8 Å². The maximum atomic E-state index is 12.0. The fraction of sp³-hybridized carbons (Fsp3) is 0.480. The number of amides is 2. The maximum Gasteiger partial charge on any atom is 0.229 e. The van der Waals surface area contributed by atoms with Crippen LogP contribution in [-0.2, 0) is 9.59 Å². The second-order valence-electron chi connectivity index (χ2n) is 9.01. The average Bonchev–Trinajstić information content (AvgIpc) is 3.10. The van der Waals surface area contributed by atoms with Crippen LogP contribution in [0.3, 0.4) is 0 Å². The molecule has 5 rings (SSSR count). The summed E-state index contributed by atoms with van der Waals surface area (Å²) in [5.74, 6) is 1.07. The molecule has 7 nitrogen and oxygen atoms in total. The molecule has 0 bridgehead atoms. The molecule has 0 atom stereocenters. The first-order chi connectivity index (χ1) is 16.1. The van der Waals surface area contributed by atoms with Crippen LogP contribution in [0.1, 0.15) is 42.5 Å². The smallest absolute Gasteiger partial charge is 0.229 e. The summed E-state index contributed by atoms with van der Waals surface area (Å²) in [6, 6.07) is 10.5. The molecule has 2 amide bonds. The number of benzene rings is 1. The van der Waals surface area contributed by atoms with E-state index in [1.807, 2.05) is 12.1 Å². The highest BCUT2D eigenvalue weighted by Crippen LogP contribution is 2.39. The minimum absolute atomic E-state index is 0.00291. The molecule has 0 aliphatic carbocycles. The van der Waals surface area contributed by atoms with E-state index in [2.05, 4.69) is 40.2 Å². The number of fused-ring (bicyclic) bond motifs is 2. The van der Waals surface area contributed by atoms with Gasteiger partial charge in [0.1, 0.15) is 10.8 Å². The molecule has 2 fully saturated rings. The number of thiophene rings is 1. The largest absolute Gasteiger partial charge is 0.353 e. The van der Waals surface area contributed by atoms with E-state index in [0.29, 0.717) is 25.8 Å². The van der Waals surface area contributed by atoms with E-state index in [1.54, 1.807) is 11.3 Å². The lowest BCUT2D eigenvalue weighted by Gasteiger charge is -2.36. The molecule has 0 spiro atoms. The van der Waals surface area contributed by atoms with E-state index in [1.165, 1.54) is 20.3 Å². The predicted molar refractivity (Wildman–Crippen MR) is 133 cm³/mol. The Morgan fingerprint density at radius 3 is 2.52 bits per heavy atom. The summed E-state index contributed by atoms with van der Waals surface area (Å²) >= 11 is 1.78. The van der Waals surface area contributed by atoms with Gasteiger partial charge in [-0.1, -0.05) is 12.1 Å². The van der Waals surface area contributed by atoms with E-state index >= 15 is 0 Å². The first kappa shape index (κ1) is 22.1. The first-order valence-corrected chi connectivity index (χ1v) is 12.8. The normalized spacial score (nSPS) is 19.0. The summed E-state index contributed by atoms with van der Waals surface area (Å²) in [5, 5.41) is 4.75. The molecule has 4 heterocycles. The molecule has 1 aromatic heterocycles. The number of nitrogens with zero attached hydrogens (tertiary/aromatic N) is 4. The summed E-state index contributed by atoms with van der Waals surface area (Å²) in [7, 11) is 0. The van der Waals surface area contributed by atoms with E-state index in [9.17, 15) is 9.59 Å². The van der Waals surface area contributed by atoms with Gasteiger partial charge in [-0.2, -0.15) is 0 Å². The number of imide groups is 1. The van der Waals surface area contributed by atoms with Crippen LogP contribution >= 0.6 is 11.3 Å². The van der Waals surface area contributed by atoms with Gasteiger partial charge in [-0.05, 0) is 50.9 Å².